The summed E-state index contributed by atoms with van der Waals surface area (Å²) in [5, 5.41) is 2.54. The van der Waals surface area contributed by atoms with E-state index in [9.17, 15) is 17.6 Å². The molecular weight excluding hydrogens is 357 g/mol. The second-order valence-corrected chi connectivity index (χ2v) is 8.41. The van der Waals surface area contributed by atoms with E-state index in [1.807, 2.05) is 0 Å². The Hall–Kier alpha value is -2.06. The maximum Gasteiger partial charge on any atom is 0.252 e. The highest BCUT2D eigenvalue weighted by molar-refractivity contribution is 7.90. The van der Waals surface area contributed by atoms with Crippen LogP contribution in [0.25, 0.3) is 11.3 Å². The number of nitrogens with one attached hydrogen (secondary N) is 1. The van der Waals surface area contributed by atoms with Crippen LogP contribution in [-0.4, -0.2) is 30.5 Å². The molecule has 0 spiro atoms. The third-order valence-electron chi connectivity index (χ3n) is 3.79. The number of carbonyl (C=O) groups excluding carboxylic acids is 1. The second kappa shape index (κ2) is 5.22. The zero-order valence-corrected chi connectivity index (χ0v) is 14.6. The summed E-state index contributed by atoms with van der Waals surface area (Å²) in [6.45, 7) is 3.40. The summed E-state index contributed by atoms with van der Waals surface area (Å²) >= 11 is 5.70. The highest BCUT2D eigenvalue weighted by Crippen LogP contribution is 2.39. The lowest BCUT2D eigenvalue weighted by molar-refractivity contribution is 0.0940. The normalized spacial score (nSPS) is 16.0. The molecule has 1 aliphatic heterocycles. The van der Waals surface area contributed by atoms with Gasteiger partial charge in [-0.2, -0.15) is 0 Å². The van der Waals surface area contributed by atoms with Crippen LogP contribution < -0.4 is 5.32 Å². The molecule has 0 aliphatic carbocycles. The van der Waals surface area contributed by atoms with Crippen LogP contribution in [0.5, 0.6) is 0 Å². The van der Waals surface area contributed by atoms with Gasteiger partial charge in [0.15, 0.2) is 15.7 Å². The van der Waals surface area contributed by atoms with Gasteiger partial charge >= 0.3 is 0 Å². The van der Waals surface area contributed by atoms with E-state index in [2.05, 4.69) is 15.3 Å². The van der Waals surface area contributed by atoms with Crippen molar-refractivity contribution in [1.29, 1.82) is 0 Å². The lowest BCUT2D eigenvalue weighted by Crippen LogP contribution is -2.33. The predicted molar refractivity (Wildman–Crippen MR) is 86.0 cm³/mol. The zero-order valence-electron chi connectivity index (χ0n) is 13.0. The molecule has 0 unspecified atom stereocenters. The molecule has 1 aromatic heterocycles. The fourth-order valence-corrected chi connectivity index (χ4v) is 4.04. The minimum absolute atomic E-state index is 0.0486. The van der Waals surface area contributed by atoms with Gasteiger partial charge < -0.3 is 5.32 Å². The average Bonchev–Trinajstić information content (AvgIpc) is 2.69. The van der Waals surface area contributed by atoms with Crippen molar-refractivity contribution < 1.29 is 17.6 Å². The van der Waals surface area contributed by atoms with Crippen LogP contribution in [0.1, 0.15) is 29.8 Å². The van der Waals surface area contributed by atoms with Crippen LogP contribution >= 0.6 is 11.6 Å². The van der Waals surface area contributed by atoms with Crippen LogP contribution in [0, 0.1) is 5.82 Å². The Morgan fingerprint density at radius 3 is 2.58 bits per heavy atom. The number of carbonyl (C=O) groups is 1. The van der Waals surface area contributed by atoms with Crippen molar-refractivity contribution in [1.82, 2.24) is 15.3 Å². The summed E-state index contributed by atoms with van der Waals surface area (Å²) in [4.78, 5) is 19.5. The topological polar surface area (TPSA) is 89.0 Å². The van der Waals surface area contributed by atoms with Crippen molar-refractivity contribution in [2.45, 2.75) is 24.3 Å². The van der Waals surface area contributed by atoms with Gasteiger partial charge in [0.25, 0.3) is 5.91 Å². The molecule has 126 valence electrons. The van der Waals surface area contributed by atoms with E-state index in [-0.39, 0.29) is 27.0 Å². The quantitative estimate of drug-likeness (QED) is 0.820. The molecule has 1 aliphatic rings. The molecule has 0 radical (unpaired) electrons. The van der Waals surface area contributed by atoms with E-state index in [0.29, 0.717) is 5.56 Å². The number of rotatable bonds is 2. The number of halogens is 2. The van der Waals surface area contributed by atoms with Crippen molar-refractivity contribution in [2.24, 2.45) is 0 Å². The number of benzene rings is 1. The molecule has 2 aromatic rings. The molecule has 1 amide bonds. The SMILES string of the molecule is CC1(C)NC(=O)c2cc(-c3nc(Cl)ncc3F)cc(S(C)(=O)=O)c21. The largest absolute Gasteiger partial charge is 0.343 e. The van der Waals surface area contributed by atoms with Gasteiger partial charge in [0, 0.05) is 22.9 Å². The van der Waals surface area contributed by atoms with Gasteiger partial charge in [-0.05, 0) is 37.6 Å². The van der Waals surface area contributed by atoms with Crippen LogP contribution in [0.15, 0.2) is 23.2 Å². The smallest absolute Gasteiger partial charge is 0.252 e. The second-order valence-electron chi connectivity index (χ2n) is 6.08. The maximum absolute atomic E-state index is 14.1. The van der Waals surface area contributed by atoms with Crippen LogP contribution in [0.2, 0.25) is 5.28 Å². The number of hydrogen-bond donors (Lipinski definition) is 1. The van der Waals surface area contributed by atoms with Gasteiger partial charge in [-0.1, -0.05) is 0 Å². The van der Waals surface area contributed by atoms with Crippen molar-refractivity contribution in [3.63, 3.8) is 0 Å². The number of amides is 1. The molecule has 0 fully saturated rings. The van der Waals surface area contributed by atoms with Gasteiger partial charge in [-0.25, -0.2) is 22.8 Å². The summed E-state index contributed by atoms with van der Waals surface area (Å²) in [5.74, 6) is -1.20. The first-order valence-electron chi connectivity index (χ1n) is 6.90. The Morgan fingerprint density at radius 2 is 1.96 bits per heavy atom. The summed E-state index contributed by atoms with van der Waals surface area (Å²) in [5.41, 5.74) is -0.346. The van der Waals surface area contributed by atoms with Crippen molar-refractivity contribution in [3.05, 3.63) is 40.6 Å². The Bertz CT molecular complexity index is 990. The van der Waals surface area contributed by atoms with Gasteiger partial charge in [0.05, 0.1) is 16.6 Å². The van der Waals surface area contributed by atoms with Crippen molar-refractivity contribution in [3.8, 4) is 11.3 Å². The minimum Gasteiger partial charge on any atom is -0.343 e. The van der Waals surface area contributed by atoms with Crippen molar-refractivity contribution in [2.75, 3.05) is 6.26 Å². The van der Waals surface area contributed by atoms with Crippen LogP contribution in [-0.2, 0) is 15.4 Å². The lowest BCUT2D eigenvalue weighted by atomic mass is 9.92. The Morgan fingerprint density at radius 1 is 1.29 bits per heavy atom. The molecule has 0 saturated heterocycles. The van der Waals surface area contributed by atoms with Crippen molar-refractivity contribution >= 4 is 27.3 Å². The molecule has 0 saturated carbocycles. The fraction of sp³-hybridized carbons (Fsp3) is 0.267. The molecule has 6 nitrogen and oxygen atoms in total. The third-order valence-corrected chi connectivity index (χ3v) is 5.09. The van der Waals surface area contributed by atoms with Gasteiger partial charge in [-0.15, -0.1) is 0 Å². The van der Waals surface area contributed by atoms with E-state index < -0.39 is 27.1 Å². The monoisotopic (exact) mass is 369 g/mol. The number of nitrogens with zero attached hydrogens (tertiary/aromatic N) is 2. The zero-order chi connectivity index (χ0) is 17.9. The first-order chi connectivity index (χ1) is 11.0. The van der Waals surface area contributed by atoms with E-state index in [0.717, 1.165) is 12.5 Å². The Balaban J connectivity index is 2.39. The lowest BCUT2D eigenvalue weighted by Gasteiger charge is -2.22. The van der Waals surface area contributed by atoms with E-state index in [1.165, 1.54) is 12.1 Å². The molecule has 0 atom stereocenters. The number of sulfone groups is 1. The first-order valence-corrected chi connectivity index (χ1v) is 9.17. The summed E-state index contributed by atoms with van der Waals surface area (Å²) in [6.07, 6.45) is 1.93. The molecule has 3 rings (SSSR count). The van der Waals surface area contributed by atoms with Crippen LogP contribution in [0.3, 0.4) is 0 Å². The number of hydrogen-bond acceptors (Lipinski definition) is 5. The highest BCUT2D eigenvalue weighted by atomic mass is 35.5. The molecule has 1 N–H and O–H groups in total. The van der Waals surface area contributed by atoms with Gasteiger partial charge in [0.1, 0.15) is 5.69 Å². The summed E-state index contributed by atoms with van der Waals surface area (Å²) in [7, 11) is -3.67. The molecule has 2 heterocycles. The third kappa shape index (κ3) is 2.65. The van der Waals surface area contributed by atoms with E-state index >= 15 is 0 Å². The first kappa shape index (κ1) is 16.8. The van der Waals surface area contributed by atoms with Crippen LogP contribution in [0.4, 0.5) is 4.39 Å². The predicted octanol–water partition coefficient (Wildman–Crippen LogP) is 2.32. The highest BCUT2D eigenvalue weighted by Gasteiger charge is 2.40. The molecule has 24 heavy (non-hydrogen) atoms. The maximum atomic E-state index is 14.1. The summed E-state index contributed by atoms with van der Waals surface area (Å²) < 4.78 is 38.5. The average molecular weight is 370 g/mol. The van der Waals surface area contributed by atoms with Gasteiger partial charge in [0.2, 0.25) is 5.28 Å². The van der Waals surface area contributed by atoms with E-state index in [4.69, 9.17) is 11.6 Å². The summed E-state index contributed by atoms with van der Waals surface area (Å²) in [6, 6.07) is 2.72. The number of fused-ring (bicyclic) bond motifs is 1. The Kier molecular flexibility index (Phi) is 3.65. The fourth-order valence-electron chi connectivity index (χ4n) is 2.83. The Labute approximate surface area is 143 Å². The molecule has 0 bridgehead atoms. The molecular formula is C15H13ClFN3O3S. The molecule has 9 heteroatoms. The molecule has 1 aromatic carbocycles. The minimum atomic E-state index is -3.67. The number of aromatic nitrogens is 2. The van der Waals surface area contributed by atoms with E-state index in [1.54, 1.807) is 13.8 Å². The van der Waals surface area contributed by atoms with Gasteiger partial charge in [-0.3, -0.25) is 4.79 Å². The standard InChI is InChI=1S/C15H13ClFN3O3S/c1-15(2)11-8(13(21)20-15)4-7(5-10(11)24(3,22)23)12-9(17)6-18-14(16)19-12/h4-6H,1-3H3,(H,20,21).